The molecule has 18 heavy (non-hydrogen) atoms. The summed E-state index contributed by atoms with van der Waals surface area (Å²) in [5.74, 6) is 1.32. The fraction of sp³-hybridized carbons (Fsp3) is 0.933. The number of alkyl halides is 1. The summed E-state index contributed by atoms with van der Waals surface area (Å²) in [5.41, 5.74) is 0.194. The molecule has 1 aliphatic heterocycles. The van der Waals surface area contributed by atoms with Crippen molar-refractivity contribution < 1.29 is 4.79 Å². The van der Waals surface area contributed by atoms with E-state index >= 15 is 0 Å². The Morgan fingerprint density at radius 3 is 2.67 bits per heavy atom. The van der Waals surface area contributed by atoms with Crippen LogP contribution in [-0.4, -0.2) is 29.3 Å². The smallest absolute Gasteiger partial charge is 0.226 e. The van der Waals surface area contributed by atoms with Crippen LogP contribution in [0.4, 0.5) is 0 Å². The summed E-state index contributed by atoms with van der Waals surface area (Å²) in [5, 5.41) is 0. The molecule has 1 aliphatic carbocycles. The lowest BCUT2D eigenvalue weighted by molar-refractivity contribution is -0.142. The highest BCUT2D eigenvalue weighted by Crippen LogP contribution is 2.44. The molecule has 2 unspecified atom stereocenters. The van der Waals surface area contributed by atoms with Crippen molar-refractivity contribution in [1.29, 1.82) is 0 Å². The van der Waals surface area contributed by atoms with Crippen molar-refractivity contribution in [1.82, 2.24) is 4.90 Å². The molecule has 2 aliphatic rings. The van der Waals surface area contributed by atoms with Crippen LogP contribution in [0.25, 0.3) is 0 Å². The first-order chi connectivity index (χ1) is 8.56. The van der Waals surface area contributed by atoms with Gasteiger partial charge in [0, 0.05) is 24.4 Å². The van der Waals surface area contributed by atoms with Crippen LogP contribution in [0.3, 0.4) is 0 Å². The Hall–Kier alpha value is -0.240. The molecule has 0 spiro atoms. The number of likely N-dealkylation sites (tertiary alicyclic amines) is 1. The zero-order valence-electron chi connectivity index (χ0n) is 11.8. The fourth-order valence-electron chi connectivity index (χ4n) is 3.70. The molecule has 2 rings (SSSR count). The van der Waals surface area contributed by atoms with Crippen LogP contribution in [0, 0.1) is 11.3 Å². The van der Waals surface area contributed by atoms with E-state index in [0.717, 1.165) is 32.2 Å². The molecule has 0 N–H and O–H groups in total. The third-order valence-electron chi connectivity index (χ3n) is 4.91. The van der Waals surface area contributed by atoms with Crippen molar-refractivity contribution in [3.8, 4) is 0 Å². The Morgan fingerprint density at radius 2 is 2.06 bits per heavy atom. The van der Waals surface area contributed by atoms with E-state index in [-0.39, 0.29) is 11.3 Å². The van der Waals surface area contributed by atoms with Gasteiger partial charge in [0.2, 0.25) is 5.91 Å². The predicted octanol–water partition coefficient (Wildman–Crippen LogP) is 3.82. The minimum absolute atomic E-state index is 0.194. The lowest BCUT2D eigenvalue weighted by Crippen LogP contribution is -2.48. The molecule has 1 heterocycles. The summed E-state index contributed by atoms with van der Waals surface area (Å²) in [6.07, 6.45) is 7.99. The van der Waals surface area contributed by atoms with Gasteiger partial charge in [-0.3, -0.25) is 4.79 Å². The molecule has 3 heteroatoms. The molecule has 0 aromatic carbocycles. The molecule has 2 nitrogen and oxygen atoms in total. The van der Waals surface area contributed by atoms with Gasteiger partial charge >= 0.3 is 0 Å². The highest BCUT2D eigenvalue weighted by atomic mass is 35.5. The van der Waals surface area contributed by atoms with Gasteiger partial charge in [0.05, 0.1) is 0 Å². The van der Waals surface area contributed by atoms with E-state index in [1.54, 1.807) is 0 Å². The predicted molar refractivity (Wildman–Crippen MR) is 75.8 cm³/mol. The number of hydrogen-bond donors (Lipinski definition) is 0. The number of hydrogen-bond acceptors (Lipinski definition) is 1. The Balaban J connectivity index is 2.06. The van der Waals surface area contributed by atoms with Gasteiger partial charge in [-0.25, -0.2) is 0 Å². The minimum atomic E-state index is 0.194. The maximum absolute atomic E-state index is 12.8. The van der Waals surface area contributed by atoms with Crippen LogP contribution in [-0.2, 0) is 4.79 Å². The SMILES string of the molecule is CC1(C)CCCC1C(=O)N1CCCCC1CCCl. The van der Waals surface area contributed by atoms with E-state index in [9.17, 15) is 4.79 Å². The monoisotopic (exact) mass is 271 g/mol. The van der Waals surface area contributed by atoms with Crippen molar-refractivity contribution in [2.45, 2.75) is 64.8 Å². The number of piperidine rings is 1. The Bertz CT molecular complexity index is 301. The number of carbonyl (C=O) groups excluding carboxylic acids is 1. The van der Waals surface area contributed by atoms with Crippen LogP contribution >= 0.6 is 11.6 Å². The Labute approximate surface area is 116 Å². The average molecular weight is 272 g/mol. The molecular weight excluding hydrogens is 246 g/mol. The Kier molecular flexibility index (Phi) is 4.58. The van der Waals surface area contributed by atoms with Gasteiger partial charge in [0.1, 0.15) is 0 Å². The van der Waals surface area contributed by atoms with Crippen molar-refractivity contribution in [2.75, 3.05) is 12.4 Å². The van der Waals surface area contributed by atoms with Crippen molar-refractivity contribution in [2.24, 2.45) is 11.3 Å². The first-order valence-corrected chi connectivity index (χ1v) is 7.96. The zero-order valence-corrected chi connectivity index (χ0v) is 12.5. The zero-order chi connectivity index (χ0) is 13.2. The highest BCUT2D eigenvalue weighted by Gasteiger charge is 2.42. The number of rotatable bonds is 3. The molecule has 2 fully saturated rings. The van der Waals surface area contributed by atoms with Crippen LogP contribution in [0.1, 0.15) is 58.8 Å². The first kappa shape index (κ1) is 14.2. The van der Waals surface area contributed by atoms with E-state index in [1.807, 2.05) is 0 Å². The summed E-state index contributed by atoms with van der Waals surface area (Å²) in [7, 11) is 0. The largest absolute Gasteiger partial charge is 0.339 e. The second kappa shape index (κ2) is 5.81. The minimum Gasteiger partial charge on any atom is -0.339 e. The van der Waals surface area contributed by atoms with E-state index in [1.165, 1.54) is 19.3 Å². The quantitative estimate of drug-likeness (QED) is 0.715. The van der Waals surface area contributed by atoms with Crippen LogP contribution in [0.2, 0.25) is 0 Å². The van der Waals surface area contributed by atoms with Crippen molar-refractivity contribution in [3.05, 3.63) is 0 Å². The number of halogens is 1. The molecule has 1 saturated heterocycles. The number of nitrogens with zero attached hydrogens (tertiary/aromatic N) is 1. The molecule has 0 aromatic heterocycles. The molecule has 1 saturated carbocycles. The second-order valence-corrected chi connectivity index (χ2v) is 6.97. The third kappa shape index (κ3) is 2.84. The standard InChI is InChI=1S/C15H26ClNO/c1-15(2)9-5-7-13(15)14(18)17-11-4-3-6-12(17)8-10-16/h12-13H,3-11H2,1-2H3. The molecule has 1 amide bonds. The van der Waals surface area contributed by atoms with E-state index in [4.69, 9.17) is 11.6 Å². The Morgan fingerprint density at radius 1 is 1.28 bits per heavy atom. The molecule has 0 radical (unpaired) electrons. The lowest BCUT2D eigenvalue weighted by atomic mass is 9.80. The summed E-state index contributed by atoms with van der Waals surface area (Å²) >= 11 is 5.88. The summed E-state index contributed by atoms with van der Waals surface area (Å²) < 4.78 is 0. The highest BCUT2D eigenvalue weighted by molar-refractivity contribution is 6.17. The molecule has 2 atom stereocenters. The van der Waals surface area contributed by atoms with Gasteiger partial charge in [-0.05, 0) is 43.9 Å². The van der Waals surface area contributed by atoms with Gasteiger partial charge in [-0.1, -0.05) is 20.3 Å². The molecular formula is C15H26ClNO. The first-order valence-electron chi connectivity index (χ1n) is 7.43. The molecule has 104 valence electrons. The van der Waals surface area contributed by atoms with Crippen LogP contribution in [0.5, 0.6) is 0 Å². The van der Waals surface area contributed by atoms with Crippen molar-refractivity contribution >= 4 is 17.5 Å². The maximum Gasteiger partial charge on any atom is 0.226 e. The van der Waals surface area contributed by atoms with Gasteiger partial charge in [0.15, 0.2) is 0 Å². The van der Waals surface area contributed by atoms with Gasteiger partial charge < -0.3 is 4.90 Å². The summed E-state index contributed by atoms with van der Waals surface area (Å²) in [4.78, 5) is 14.9. The summed E-state index contributed by atoms with van der Waals surface area (Å²) in [6.45, 7) is 5.46. The fourth-order valence-corrected chi connectivity index (χ4v) is 3.95. The van der Waals surface area contributed by atoms with E-state index in [2.05, 4.69) is 18.7 Å². The summed E-state index contributed by atoms with van der Waals surface area (Å²) in [6, 6.07) is 0.403. The van der Waals surface area contributed by atoms with Crippen LogP contribution in [0.15, 0.2) is 0 Å². The third-order valence-corrected chi connectivity index (χ3v) is 5.13. The normalized spacial score (nSPS) is 31.6. The second-order valence-electron chi connectivity index (χ2n) is 6.59. The molecule has 0 aromatic rings. The van der Waals surface area contributed by atoms with E-state index < -0.39 is 0 Å². The number of amides is 1. The van der Waals surface area contributed by atoms with Gasteiger partial charge in [0.25, 0.3) is 0 Å². The van der Waals surface area contributed by atoms with Gasteiger partial charge in [-0.15, -0.1) is 11.6 Å². The van der Waals surface area contributed by atoms with Crippen LogP contribution < -0.4 is 0 Å². The lowest BCUT2D eigenvalue weighted by Gasteiger charge is -2.39. The molecule has 0 bridgehead atoms. The maximum atomic E-state index is 12.8. The average Bonchev–Trinajstić information content (AvgIpc) is 2.69. The topological polar surface area (TPSA) is 20.3 Å². The van der Waals surface area contributed by atoms with Crippen molar-refractivity contribution in [3.63, 3.8) is 0 Å². The van der Waals surface area contributed by atoms with Gasteiger partial charge in [-0.2, -0.15) is 0 Å². The van der Waals surface area contributed by atoms with E-state index in [0.29, 0.717) is 17.8 Å². The number of carbonyl (C=O) groups is 1.